The van der Waals surface area contributed by atoms with Gasteiger partial charge in [-0.15, -0.1) is 13.8 Å². The first-order chi connectivity index (χ1) is 51.8. The van der Waals surface area contributed by atoms with Gasteiger partial charge in [-0.1, -0.05) is 225 Å². The van der Waals surface area contributed by atoms with Gasteiger partial charge in [-0.3, -0.25) is 23.3 Å². The summed E-state index contributed by atoms with van der Waals surface area (Å²) in [5.74, 6) is 0. The summed E-state index contributed by atoms with van der Waals surface area (Å²) in [5, 5.41) is 8.16. The van der Waals surface area contributed by atoms with Gasteiger partial charge in [0.15, 0.2) is 0 Å². The van der Waals surface area contributed by atoms with E-state index in [1.54, 1.807) is 0 Å². The number of benzene rings is 14. The first-order valence-electron chi connectivity index (χ1n) is 38.7. The topological polar surface area (TPSA) is 0 Å². The Morgan fingerprint density at radius 2 is 0.526 bits per heavy atom. The van der Waals surface area contributed by atoms with Gasteiger partial charge in [0.05, 0.1) is 0 Å². The zero-order valence-electron chi connectivity index (χ0n) is 74.0. The molecule has 14 aromatic carbocycles. The molecular weight excluding hydrogens is 1680 g/mol. The third kappa shape index (κ3) is 50.1. The monoisotopic (exact) mass is 1810 g/mol. The normalized spacial score (nSPS) is 8.88. The van der Waals surface area contributed by atoms with Crippen LogP contribution in [0.3, 0.4) is 0 Å². The van der Waals surface area contributed by atoms with Crippen LogP contribution in [0.4, 0.5) is 0 Å². The van der Waals surface area contributed by atoms with Crippen LogP contribution in [0.2, 0.25) is 0 Å². The molecule has 14 aromatic rings. The van der Waals surface area contributed by atoms with E-state index in [1.165, 1.54) is 144 Å². The Kier molecular flexibility index (Phi) is 74.6. The number of rotatable bonds is 2. The van der Waals surface area contributed by atoms with Crippen molar-refractivity contribution in [3.8, 4) is 0 Å². The van der Waals surface area contributed by atoms with Crippen LogP contribution in [0.1, 0.15) is 193 Å². The predicted molar refractivity (Wildman–Crippen MR) is 495 cm³/mol. The third-order valence-electron chi connectivity index (χ3n) is 17.6. The van der Waals surface area contributed by atoms with Crippen molar-refractivity contribution in [3.05, 3.63) is 426 Å². The minimum atomic E-state index is 0. The Hall–Kier alpha value is -5.72. The van der Waals surface area contributed by atoms with Crippen molar-refractivity contribution in [2.45, 2.75) is 222 Å². The smallest absolute Gasteiger partial charge is 0 e. The van der Waals surface area contributed by atoms with Crippen LogP contribution in [0.5, 0.6) is 0 Å². The quantitative estimate of drug-likeness (QED) is 0.151. The van der Waals surface area contributed by atoms with E-state index in [0.29, 0.717) is 0 Å². The zero-order chi connectivity index (χ0) is 80.9. The van der Waals surface area contributed by atoms with Crippen molar-refractivity contribution < 1.29 is 131 Å². The van der Waals surface area contributed by atoms with E-state index in [0.717, 1.165) is 24.0 Å². The standard InChI is InChI=1S/2C14H16.C13H14.C9H12.2C9H11.C8H9.C8H8.3C6H5.3C2H6.2CH4.4Y/c1-9-5-13-7-11(3)12(4)8-14(13)6-10(9)2;1-9-5-6-13-8-10(2)11(3)12(4)14(13)7-9;1-9-4-5-12-7-10(2)11(3)8-13(12)6-9;1-7-4-5-8(2)9(3)6-7;2*1-3-9-7-5-4-6-8(9)2;2*1-7-3-5-8(2)6-4-7;3*1-2-4-6-5-3-1;3*1-2;;;;;;/h2*5-8H,1-4H3;4-8H,1-3H3;4-6H,1-3H3;2*4,6-7H,3H2,1-2H3;3-5H,1-2H3;3,6H,1-2H3;3*1-5H;3*1-2H3;2*1H4;;;;/q;;;;3*-1;-2;3*-1;;;;;;;;;. The molecular formula is C110H138Y4-8. The predicted octanol–water partition coefficient (Wildman–Crippen LogP) is 32.0. The van der Waals surface area contributed by atoms with Crippen molar-refractivity contribution in [2.24, 2.45) is 0 Å². The van der Waals surface area contributed by atoms with Gasteiger partial charge in [0.25, 0.3) is 0 Å². The molecule has 4 heteroatoms. The average Bonchev–Trinajstić information content (AvgIpc) is 0.803. The van der Waals surface area contributed by atoms with Crippen molar-refractivity contribution >= 4 is 32.3 Å². The summed E-state index contributed by atoms with van der Waals surface area (Å²) in [7, 11) is 0. The molecule has 0 aliphatic heterocycles. The number of fused-ring (bicyclic) bond motifs is 3. The summed E-state index contributed by atoms with van der Waals surface area (Å²) in [5.41, 5.74) is 29.6. The van der Waals surface area contributed by atoms with Gasteiger partial charge >= 0.3 is 0 Å². The number of aryl methyl sites for hydroxylation is 21. The Labute approximate surface area is 800 Å². The van der Waals surface area contributed by atoms with E-state index >= 15 is 0 Å². The molecule has 0 aliphatic rings. The van der Waals surface area contributed by atoms with Gasteiger partial charge in [0.2, 0.25) is 0 Å². The maximum absolute atomic E-state index is 3.10. The fourth-order valence-corrected chi connectivity index (χ4v) is 10.3. The molecule has 0 heterocycles. The summed E-state index contributed by atoms with van der Waals surface area (Å²) in [6, 6.07) is 111. The maximum atomic E-state index is 3.10. The molecule has 4 radical (unpaired) electrons. The molecule has 0 spiro atoms. The fraction of sp³-hybridized carbons (Fsp3) is 0.291. The van der Waals surface area contributed by atoms with Crippen LogP contribution in [0.15, 0.2) is 255 Å². The molecule has 114 heavy (non-hydrogen) atoms. The van der Waals surface area contributed by atoms with E-state index in [2.05, 4.69) is 314 Å². The minimum Gasteiger partial charge on any atom is -0.316 e. The molecule has 0 amide bonds. The molecule has 0 saturated heterocycles. The molecule has 0 fully saturated rings. The molecule has 0 aromatic heterocycles. The van der Waals surface area contributed by atoms with Crippen molar-refractivity contribution in [1.29, 1.82) is 0 Å². The summed E-state index contributed by atoms with van der Waals surface area (Å²) >= 11 is 0. The number of hydrogen-bond donors (Lipinski definition) is 0. The van der Waals surface area contributed by atoms with Gasteiger partial charge < -0.3 is 12.1 Å². The van der Waals surface area contributed by atoms with Gasteiger partial charge in [-0.2, -0.15) is 215 Å². The van der Waals surface area contributed by atoms with Crippen molar-refractivity contribution in [1.82, 2.24) is 0 Å². The molecule has 0 bridgehead atoms. The molecule has 0 atom stereocenters. The second-order valence-corrected chi connectivity index (χ2v) is 26.4. The van der Waals surface area contributed by atoms with E-state index in [4.69, 9.17) is 0 Å². The summed E-state index contributed by atoms with van der Waals surface area (Å²) in [4.78, 5) is 0. The van der Waals surface area contributed by atoms with Gasteiger partial charge in [0.1, 0.15) is 0 Å². The third-order valence-corrected chi connectivity index (χ3v) is 17.6. The van der Waals surface area contributed by atoms with Crippen LogP contribution in [-0.4, -0.2) is 0 Å². The van der Waals surface area contributed by atoms with Gasteiger partial charge in [-0.05, 0) is 190 Å². The minimum absolute atomic E-state index is 0. The molecule has 14 rings (SSSR count). The molecule has 0 N–H and O–H groups in total. The summed E-state index contributed by atoms with van der Waals surface area (Å²) in [6.45, 7) is 59.0. The molecule has 598 valence electrons. The second kappa shape index (κ2) is 71.4. The molecule has 0 saturated carbocycles. The average molecular weight is 1820 g/mol. The maximum Gasteiger partial charge on any atom is 0 e. The first-order valence-corrected chi connectivity index (χ1v) is 38.7. The van der Waals surface area contributed by atoms with Gasteiger partial charge in [0, 0.05) is 131 Å². The first kappa shape index (κ1) is 119. The fourth-order valence-electron chi connectivity index (χ4n) is 10.3. The molecule has 0 nitrogen and oxygen atoms in total. The summed E-state index contributed by atoms with van der Waals surface area (Å²) in [6.07, 6.45) is 2.23. The molecule has 0 aliphatic carbocycles. The zero-order valence-corrected chi connectivity index (χ0v) is 85.3. The Bertz CT molecular complexity index is 4290. The van der Waals surface area contributed by atoms with Gasteiger partial charge in [-0.25, -0.2) is 0 Å². The van der Waals surface area contributed by atoms with Crippen LogP contribution in [0.25, 0.3) is 32.3 Å². The largest absolute Gasteiger partial charge is 0.316 e. The number of hydrogen-bond acceptors (Lipinski definition) is 0. The van der Waals surface area contributed by atoms with Crippen molar-refractivity contribution in [3.63, 3.8) is 0 Å². The van der Waals surface area contributed by atoms with Crippen LogP contribution < -0.4 is 0 Å². The van der Waals surface area contributed by atoms with Crippen LogP contribution in [0, 0.1) is 187 Å². The van der Waals surface area contributed by atoms with Crippen LogP contribution >= 0.6 is 0 Å². The van der Waals surface area contributed by atoms with Crippen LogP contribution in [-0.2, 0) is 144 Å². The van der Waals surface area contributed by atoms with E-state index in [1.807, 2.05) is 184 Å². The second-order valence-electron chi connectivity index (χ2n) is 26.4. The Morgan fingerprint density at radius 1 is 0.219 bits per heavy atom. The Balaban J connectivity index is -0.000000281. The van der Waals surface area contributed by atoms with E-state index < -0.39 is 0 Å². The Morgan fingerprint density at radius 3 is 0.816 bits per heavy atom. The SMILES string of the molecule is C.C.CC.CC.CC.CCc1c[c-]ccc1C.CCc1c[c-]ccc1C.Cc1[c-]cc(C)[c-]c1.Cc1[c-]cc(C)cc1.Cc1cc2cc(C)c(C)cc2cc1C.Cc1ccc(C)c(C)c1.Cc1ccc2cc(C)c(C)c(C)c2c1.Cc1ccc2cc(C)c(C)cc2c1.[Y].[Y].[Y].[Y].[c-]1ccccc1.[c-]1ccccc1.[c-]1ccccc1. The van der Waals surface area contributed by atoms with Crippen molar-refractivity contribution in [2.75, 3.05) is 0 Å². The van der Waals surface area contributed by atoms with E-state index in [-0.39, 0.29) is 146 Å². The molecule has 0 unspecified atom stereocenters. The van der Waals surface area contributed by atoms with E-state index in [9.17, 15) is 0 Å². The summed E-state index contributed by atoms with van der Waals surface area (Å²) < 4.78 is 0.